The topological polar surface area (TPSA) is 20.2 Å². The van der Waals surface area contributed by atoms with E-state index in [1.54, 1.807) is 0 Å². The molecule has 0 aromatic heterocycles. The molecule has 0 bridgehead atoms. The third kappa shape index (κ3) is 4.22. The Morgan fingerprint density at radius 3 is 2.24 bits per heavy atom. The zero-order valence-electron chi connectivity index (χ0n) is 12.6. The number of aliphatic hydroxyl groups is 1. The van der Waals surface area contributed by atoms with Crippen molar-refractivity contribution in [3.8, 4) is 0 Å². The van der Waals surface area contributed by atoms with Gasteiger partial charge in [-0.2, -0.15) is 13.2 Å². The molecule has 0 heterocycles. The first-order chi connectivity index (χ1) is 9.77. The molecule has 1 saturated carbocycles. The van der Waals surface area contributed by atoms with Crippen molar-refractivity contribution >= 4 is 0 Å². The zero-order chi connectivity index (χ0) is 15.6. The van der Waals surface area contributed by atoms with Gasteiger partial charge in [-0.05, 0) is 68.6 Å². The lowest BCUT2D eigenvalue weighted by Crippen LogP contribution is -2.32. The summed E-state index contributed by atoms with van der Waals surface area (Å²) < 4.78 is 37.9. The Morgan fingerprint density at radius 1 is 1.10 bits per heavy atom. The second kappa shape index (κ2) is 6.39. The predicted molar refractivity (Wildman–Crippen MR) is 77.1 cm³/mol. The zero-order valence-corrected chi connectivity index (χ0v) is 12.6. The molecule has 0 amide bonds. The molecule has 1 aliphatic rings. The average molecular weight is 300 g/mol. The number of benzene rings is 1. The molecule has 1 aromatic rings. The van der Waals surface area contributed by atoms with Gasteiger partial charge in [-0.3, -0.25) is 0 Å². The first-order valence-electron chi connectivity index (χ1n) is 7.58. The normalized spacial score (nSPS) is 24.9. The lowest BCUT2D eigenvalue weighted by atomic mass is 9.78. The number of aryl methyl sites for hydroxylation is 2. The van der Waals surface area contributed by atoms with Gasteiger partial charge in [0.1, 0.15) is 0 Å². The van der Waals surface area contributed by atoms with Crippen molar-refractivity contribution in [3.05, 3.63) is 34.9 Å². The molecule has 1 nitrogen and oxygen atoms in total. The number of hydrogen-bond donors (Lipinski definition) is 1. The molecule has 21 heavy (non-hydrogen) atoms. The van der Waals surface area contributed by atoms with E-state index in [-0.39, 0.29) is 18.8 Å². The van der Waals surface area contributed by atoms with Crippen molar-refractivity contribution < 1.29 is 18.3 Å². The van der Waals surface area contributed by atoms with E-state index in [0.29, 0.717) is 19.3 Å². The predicted octanol–water partition coefficient (Wildman–Crippen LogP) is 4.58. The van der Waals surface area contributed by atoms with Crippen LogP contribution in [0.5, 0.6) is 0 Å². The first kappa shape index (κ1) is 16.3. The second-order valence-corrected chi connectivity index (χ2v) is 6.34. The maximum atomic E-state index is 12.6. The largest absolute Gasteiger partial charge is 0.392 e. The van der Waals surface area contributed by atoms with Gasteiger partial charge in [0.2, 0.25) is 0 Å². The molecule has 4 heteroatoms. The fourth-order valence-corrected chi connectivity index (χ4v) is 3.17. The highest BCUT2D eigenvalue weighted by Gasteiger charge is 2.42. The number of alkyl halides is 3. The maximum Gasteiger partial charge on any atom is 0.391 e. The van der Waals surface area contributed by atoms with Crippen LogP contribution in [-0.4, -0.2) is 17.4 Å². The Balaban J connectivity index is 1.90. The third-order valence-corrected chi connectivity index (χ3v) is 4.80. The van der Waals surface area contributed by atoms with Crippen LogP contribution in [0.3, 0.4) is 0 Å². The Hall–Kier alpha value is -1.03. The highest BCUT2D eigenvalue weighted by molar-refractivity contribution is 5.30. The average Bonchev–Trinajstić information content (AvgIpc) is 2.42. The third-order valence-electron chi connectivity index (χ3n) is 4.80. The van der Waals surface area contributed by atoms with Crippen LogP contribution in [0.2, 0.25) is 0 Å². The van der Waals surface area contributed by atoms with Gasteiger partial charge in [-0.25, -0.2) is 0 Å². The molecule has 0 spiro atoms. The van der Waals surface area contributed by atoms with E-state index < -0.39 is 18.2 Å². The monoisotopic (exact) mass is 300 g/mol. The Kier molecular flexibility index (Phi) is 4.97. The van der Waals surface area contributed by atoms with E-state index in [1.807, 2.05) is 26.0 Å². The first-order valence-corrected chi connectivity index (χ1v) is 7.58. The smallest absolute Gasteiger partial charge is 0.391 e. The Bertz CT molecular complexity index is 473. The summed E-state index contributed by atoms with van der Waals surface area (Å²) in [5, 5.41) is 10.3. The van der Waals surface area contributed by atoms with Crippen LogP contribution in [0, 0.1) is 25.7 Å². The molecule has 1 N–H and O–H groups in total. The van der Waals surface area contributed by atoms with Crippen LogP contribution in [0.1, 0.15) is 42.4 Å². The van der Waals surface area contributed by atoms with Crippen molar-refractivity contribution in [1.29, 1.82) is 0 Å². The molecule has 0 aliphatic heterocycles. The van der Waals surface area contributed by atoms with Gasteiger partial charge >= 0.3 is 6.18 Å². The van der Waals surface area contributed by atoms with E-state index in [1.165, 1.54) is 11.1 Å². The summed E-state index contributed by atoms with van der Waals surface area (Å²) in [4.78, 5) is 0. The minimum atomic E-state index is -4.08. The van der Waals surface area contributed by atoms with Crippen LogP contribution in [0.15, 0.2) is 18.2 Å². The van der Waals surface area contributed by atoms with Crippen LogP contribution >= 0.6 is 0 Å². The number of rotatable bonds is 3. The van der Waals surface area contributed by atoms with Gasteiger partial charge < -0.3 is 5.11 Å². The lowest BCUT2D eigenvalue weighted by Gasteiger charge is -2.32. The highest BCUT2D eigenvalue weighted by atomic mass is 19.4. The van der Waals surface area contributed by atoms with Crippen LogP contribution in [0.25, 0.3) is 0 Å². The van der Waals surface area contributed by atoms with Gasteiger partial charge in [0.15, 0.2) is 0 Å². The minimum absolute atomic E-state index is 0.00907. The van der Waals surface area contributed by atoms with Crippen LogP contribution in [0.4, 0.5) is 13.2 Å². The highest BCUT2D eigenvalue weighted by Crippen LogP contribution is 2.40. The molecular weight excluding hydrogens is 277 g/mol. The van der Waals surface area contributed by atoms with E-state index in [0.717, 1.165) is 5.56 Å². The summed E-state index contributed by atoms with van der Waals surface area (Å²) in [5.74, 6) is -1.19. The molecule has 1 unspecified atom stereocenters. The van der Waals surface area contributed by atoms with Gasteiger partial charge in [0.25, 0.3) is 0 Å². The van der Waals surface area contributed by atoms with Crippen molar-refractivity contribution in [1.82, 2.24) is 0 Å². The van der Waals surface area contributed by atoms with E-state index >= 15 is 0 Å². The Morgan fingerprint density at radius 2 is 1.71 bits per heavy atom. The summed E-state index contributed by atoms with van der Waals surface area (Å²) in [6, 6.07) is 6.07. The molecule has 1 atom stereocenters. The minimum Gasteiger partial charge on any atom is -0.392 e. The van der Waals surface area contributed by atoms with Crippen molar-refractivity contribution in [2.45, 2.75) is 58.2 Å². The molecule has 118 valence electrons. The standard InChI is InChI=1S/C17H23F3O/c1-11-3-4-13(9-12(11)2)10-16(21)14-5-7-15(8-6-14)17(18,19)20/h3-4,9,14-16,21H,5-8,10H2,1-2H3. The molecule has 0 radical (unpaired) electrons. The molecule has 1 aromatic carbocycles. The SMILES string of the molecule is Cc1ccc(CC(O)C2CCC(C(F)(F)F)CC2)cc1C. The summed E-state index contributed by atoms with van der Waals surface area (Å²) in [6.07, 6.45) is -2.85. The lowest BCUT2D eigenvalue weighted by molar-refractivity contribution is -0.185. The van der Waals surface area contributed by atoms with Gasteiger partial charge in [0.05, 0.1) is 12.0 Å². The molecule has 1 aliphatic carbocycles. The van der Waals surface area contributed by atoms with Crippen LogP contribution < -0.4 is 0 Å². The Labute approximate surface area is 124 Å². The molecular formula is C17H23F3O. The van der Waals surface area contributed by atoms with Gasteiger partial charge in [-0.15, -0.1) is 0 Å². The molecule has 2 rings (SSSR count). The van der Waals surface area contributed by atoms with Crippen molar-refractivity contribution in [2.75, 3.05) is 0 Å². The molecule has 0 saturated heterocycles. The number of aliphatic hydroxyl groups excluding tert-OH is 1. The van der Waals surface area contributed by atoms with E-state index in [2.05, 4.69) is 6.07 Å². The quantitative estimate of drug-likeness (QED) is 0.866. The molecule has 1 fully saturated rings. The van der Waals surface area contributed by atoms with E-state index in [9.17, 15) is 18.3 Å². The summed E-state index contributed by atoms with van der Waals surface area (Å²) in [5.41, 5.74) is 3.45. The summed E-state index contributed by atoms with van der Waals surface area (Å²) in [6.45, 7) is 4.06. The van der Waals surface area contributed by atoms with E-state index in [4.69, 9.17) is 0 Å². The number of hydrogen-bond acceptors (Lipinski definition) is 1. The fourth-order valence-electron chi connectivity index (χ4n) is 3.17. The summed E-state index contributed by atoms with van der Waals surface area (Å²) >= 11 is 0. The van der Waals surface area contributed by atoms with Gasteiger partial charge in [0, 0.05) is 0 Å². The van der Waals surface area contributed by atoms with Crippen LogP contribution in [-0.2, 0) is 6.42 Å². The van der Waals surface area contributed by atoms with Crippen molar-refractivity contribution in [2.24, 2.45) is 11.8 Å². The van der Waals surface area contributed by atoms with Crippen molar-refractivity contribution in [3.63, 3.8) is 0 Å². The van der Waals surface area contributed by atoms with Gasteiger partial charge in [-0.1, -0.05) is 18.2 Å². The summed E-state index contributed by atoms with van der Waals surface area (Å²) in [7, 11) is 0. The second-order valence-electron chi connectivity index (χ2n) is 6.34. The fraction of sp³-hybridized carbons (Fsp3) is 0.647. The number of halogens is 3. The maximum absolute atomic E-state index is 12.6.